The van der Waals surface area contributed by atoms with Crippen molar-refractivity contribution in [2.75, 3.05) is 20.1 Å². The molecule has 1 fully saturated rings. The Morgan fingerprint density at radius 1 is 1.31 bits per heavy atom. The van der Waals surface area contributed by atoms with Crippen LogP contribution in [-0.4, -0.2) is 75.9 Å². The third-order valence-electron chi connectivity index (χ3n) is 7.59. The number of nitrogens with one attached hydrogen (secondary N) is 1. The summed E-state index contributed by atoms with van der Waals surface area (Å²) in [4.78, 5) is 36.8. The molecule has 4 atom stereocenters. The van der Waals surface area contributed by atoms with E-state index in [1.807, 2.05) is 13.1 Å². The molecule has 2 heterocycles. The van der Waals surface area contributed by atoms with E-state index in [-0.39, 0.29) is 38.6 Å². The van der Waals surface area contributed by atoms with Crippen LogP contribution in [-0.2, 0) is 31.0 Å². The molecule has 1 amide bonds. The Morgan fingerprint density at radius 2 is 2.09 bits per heavy atom. The fourth-order valence-corrected chi connectivity index (χ4v) is 6.11. The molecule has 2 bridgehead atoms. The van der Waals surface area contributed by atoms with Crippen LogP contribution >= 0.6 is 0 Å². The zero-order chi connectivity index (χ0) is 24.3. The molecule has 0 aromatic heterocycles. The lowest BCUT2D eigenvalue weighted by Crippen LogP contribution is -2.74. The molecule has 2 aliphatic heterocycles. The molecule has 1 aromatic carbocycles. The van der Waals surface area contributed by atoms with Gasteiger partial charge in [0.05, 0.1) is 17.4 Å². The number of likely N-dealkylation sites (tertiary alicyclic amines) is 1. The maximum Gasteiger partial charge on any atom is 0.328 e. The van der Waals surface area contributed by atoms with Gasteiger partial charge in [-0.2, -0.15) is 0 Å². The van der Waals surface area contributed by atoms with Gasteiger partial charge in [0.25, 0.3) is 0 Å². The Bertz CT molecular complexity index is 1140. The van der Waals surface area contributed by atoms with Crippen molar-refractivity contribution >= 4 is 17.8 Å². The van der Waals surface area contributed by atoms with E-state index in [9.17, 15) is 24.6 Å². The predicted molar refractivity (Wildman–Crippen MR) is 124 cm³/mol. The van der Waals surface area contributed by atoms with Crippen LogP contribution in [0, 0.1) is 0 Å². The van der Waals surface area contributed by atoms with Gasteiger partial charge in [-0.1, -0.05) is 13.5 Å². The second kappa shape index (κ2) is 8.69. The van der Waals surface area contributed by atoms with Crippen molar-refractivity contribution in [3.63, 3.8) is 0 Å². The molecule has 35 heavy (non-hydrogen) atoms. The highest BCUT2D eigenvalue weighted by molar-refractivity contribution is 5.94. The van der Waals surface area contributed by atoms with E-state index in [1.165, 1.54) is 0 Å². The summed E-state index contributed by atoms with van der Waals surface area (Å²) in [7, 11) is 1.99. The molecule has 0 saturated carbocycles. The van der Waals surface area contributed by atoms with Crippen LogP contribution in [0.1, 0.15) is 37.8 Å². The summed E-state index contributed by atoms with van der Waals surface area (Å²) in [5.41, 5.74) is -0.159. The summed E-state index contributed by atoms with van der Waals surface area (Å²) >= 11 is 0. The topological polar surface area (TPSA) is 146 Å². The molecule has 2 aliphatic carbocycles. The van der Waals surface area contributed by atoms with E-state index in [1.54, 1.807) is 12.1 Å². The number of nitrogens with zero attached hydrogens (tertiary/aromatic N) is 1. The fraction of sp³-hybridized carbons (Fsp3) is 0.480. The number of ether oxygens (including phenoxy) is 2. The van der Waals surface area contributed by atoms with Gasteiger partial charge in [0.2, 0.25) is 5.91 Å². The molecule has 1 saturated heterocycles. The van der Waals surface area contributed by atoms with E-state index < -0.39 is 35.0 Å². The maximum absolute atomic E-state index is 12.6. The van der Waals surface area contributed by atoms with Crippen molar-refractivity contribution in [1.29, 1.82) is 0 Å². The number of phenols is 1. The van der Waals surface area contributed by atoms with Crippen LogP contribution in [0.2, 0.25) is 0 Å². The number of piperidine rings is 1. The molecule has 0 radical (unpaired) electrons. The molecule has 0 unspecified atom stereocenters. The van der Waals surface area contributed by atoms with Crippen molar-refractivity contribution in [1.82, 2.24) is 10.2 Å². The standard InChI is InChI=1S/C24H26N2O8.CH4/c1-26-11-9-23-20-13-2-3-14(27)21(20)34-22(23)15(6-8-24(23,32)16(26)12-13)33-19(31)7-10-25-17(28)4-5-18(29)30;/h2-6,16,22,27,32H,7-12H2,1H3,(H,25,28)(H,29,30);1H4/b5-4+;/t16-,22+,23+,24-;/m1./s1. The number of hydrogen-bond acceptors (Lipinski definition) is 8. The SMILES string of the molecule is C.CN1CC[C@]23c4c5ccc(O)c4O[C@H]2C(OC(=O)CCNC(=O)/C=C/C(=O)O)=CC[C@@]3(O)[C@H]1C5. The number of aliphatic hydroxyl groups is 1. The second-order valence-corrected chi connectivity index (χ2v) is 9.29. The van der Waals surface area contributed by atoms with Gasteiger partial charge in [-0.15, -0.1) is 0 Å². The van der Waals surface area contributed by atoms with Crippen LogP contribution < -0.4 is 10.1 Å². The van der Waals surface area contributed by atoms with Crippen LogP contribution in [0.3, 0.4) is 0 Å². The minimum absolute atomic E-state index is 0. The lowest BCUT2D eigenvalue weighted by atomic mass is 9.50. The summed E-state index contributed by atoms with van der Waals surface area (Å²) < 4.78 is 11.9. The van der Waals surface area contributed by atoms with Gasteiger partial charge in [-0.3, -0.25) is 9.59 Å². The highest BCUT2D eigenvalue weighted by Crippen LogP contribution is 2.65. The number of aromatic hydroxyl groups is 1. The molecular weight excluding hydrogens is 456 g/mol. The molecule has 1 spiro atoms. The Kier molecular flexibility index (Phi) is 6.14. The lowest BCUT2D eigenvalue weighted by Gasteiger charge is -2.61. The number of carboxylic acid groups (broad SMARTS) is 1. The van der Waals surface area contributed by atoms with Gasteiger partial charge in [0.15, 0.2) is 17.6 Å². The Hall–Kier alpha value is -3.37. The van der Waals surface area contributed by atoms with E-state index in [2.05, 4.69) is 10.2 Å². The molecule has 188 valence electrons. The number of carboxylic acids is 1. The molecule has 10 heteroatoms. The second-order valence-electron chi connectivity index (χ2n) is 9.29. The number of carbonyl (C=O) groups excluding carboxylic acids is 2. The smallest absolute Gasteiger partial charge is 0.328 e. The van der Waals surface area contributed by atoms with Crippen molar-refractivity contribution in [3.8, 4) is 11.5 Å². The first-order valence-electron chi connectivity index (χ1n) is 11.2. The third kappa shape index (κ3) is 3.59. The molecule has 1 aromatic rings. The van der Waals surface area contributed by atoms with E-state index in [0.717, 1.165) is 23.7 Å². The third-order valence-corrected chi connectivity index (χ3v) is 7.59. The first kappa shape index (κ1) is 24.7. The number of benzene rings is 1. The van der Waals surface area contributed by atoms with Crippen LogP contribution in [0.5, 0.6) is 11.5 Å². The van der Waals surface area contributed by atoms with Crippen molar-refractivity contribution in [2.45, 2.75) is 56.3 Å². The zero-order valence-corrected chi connectivity index (χ0v) is 18.6. The number of amides is 1. The Balaban J connectivity index is 0.00000289. The largest absolute Gasteiger partial charge is 0.504 e. The maximum atomic E-state index is 12.6. The van der Waals surface area contributed by atoms with Crippen LogP contribution in [0.15, 0.2) is 36.1 Å². The van der Waals surface area contributed by atoms with Crippen molar-refractivity contribution in [3.05, 3.63) is 47.2 Å². The van der Waals surface area contributed by atoms with E-state index >= 15 is 0 Å². The summed E-state index contributed by atoms with van der Waals surface area (Å²) in [6, 6.07) is 3.33. The Labute approximate surface area is 202 Å². The Morgan fingerprint density at radius 3 is 2.83 bits per heavy atom. The molecule has 4 aliphatic rings. The van der Waals surface area contributed by atoms with Gasteiger partial charge in [0.1, 0.15) is 5.76 Å². The summed E-state index contributed by atoms with van der Waals surface area (Å²) in [5.74, 6) is -1.86. The minimum Gasteiger partial charge on any atom is -0.504 e. The summed E-state index contributed by atoms with van der Waals surface area (Å²) in [6.07, 6.45) is 3.84. The number of likely N-dealkylation sites (N-methyl/N-ethyl adjacent to an activating group) is 1. The first-order chi connectivity index (χ1) is 16.2. The van der Waals surface area contributed by atoms with Gasteiger partial charge in [-0.05, 0) is 44.1 Å². The minimum atomic E-state index is -1.25. The average Bonchev–Trinajstić information content (AvgIpc) is 3.14. The monoisotopic (exact) mass is 486 g/mol. The first-order valence-corrected chi connectivity index (χ1v) is 11.2. The van der Waals surface area contributed by atoms with Gasteiger partial charge < -0.3 is 35.0 Å². The van der Waals surface area contributed by atoms with Gasteiger partial charge in [0, 0.05) is 36.7 Å². The van der Waals surface area contributed by atoms with Gasteiger partial charge in [-0.25, -0.2) is 4.79 Å². The number of hydrogen-bond donors (Lipinski definition) is 4. The summed E-state index contributed by atoms with van der Waals surface area (Å²) in [5, 5.41) is 33.5. The number of phenolic OH excluding ortho intramolecular Hbond substituents is 1. The van der Waals surface area contributed by atoms with E-state index in [4.69, 9.17) is 14.6 Å². The summed E-state index contributed by atoms with van der Waals surface area (Å²) in [6.45, 7) is 0.687. The fourth-order valence-electron chi connectivity index (χ4n) is 6.11. The number of rotatable bonds is 6. The van der Waals surface area contributed by atoms with E-state index in [0.29, 0.717) is 30.4 Å². The molecule has 4 N–H and O–H groups in total. The highest BCUT2D eigenvalue weighted by atomic mass is 16.6. The molecule has 10 nitrogen and oxygen atoms in total. The quantitative estimate of drug-likeness (QED) is 0.342. The molecule has 5 rings (SSSR count). The zero-order valence-electron chi connectivity index (χ0n) is 18.6. The predicted octanol–water partition coefficient (Wildman–Crippen LogP) is 0.996. The highest BCUT2D eigenvalue weighted by Gasteiger charge is 2.72. The average molecular weight is 487 g/mol. The van der Waals surface area contributed by atoms with Crippen molar-refractivity contribution in [2.24, 2.45) is 0 Å². The van der Waals surface area contributed by atoms with Crippen LogP contribution in [0.25, 0.3) is 0 Å². The van der Waals surface area contributed by atoms with Crippen LogP contribution in [0.4, 0.5) is 0 Å². The van der Waals surface area contributed by atoms with Crippen molar-refractivity contribution < 1.29 is 39.2 Å². The number of aliphatic carboxylic acids is 1. The lowest BCUT2D eigenvalue weighted by molar-refractivity contribution is -0.169. The number of esters is 1. The number of carbonyl (C=O) groups is 3. The normalized spacial score (nSPS) is 29.9. The molecular formula is C25H30N2O8. The van der Waals surface area contributed by atoms with Gasteiger partial charge >= 0.3 is 11.9 Å².